The van der Waals surface area contributed by atoms with Gasteiger partial charge in [0.1, 0.15) is 5.25 Å². The predicted molar refractivity (Wildman–Crippen MR) is 84.2 cm³/mol. The number of carbonyl (C=O) groups is 3. The van der Waals surface area contributed by atoms with Crippen molar-refractivity contribution < 1.29 is 24.3 Å². The van der Waals surface area contributed by atoms with E-state index in [-0.39, 0.29) is 31.3 Å². The van der Waals surface area contributed by atoms with Gasteiger partial charge in [0.15, 0.2) is 0 Å². The lowest BCUT2D eigenvalue weighted by Gasteiger charge is -2.34. The molecule has 0 aliphatic carbocycles. The van der Waals surface area contributed by atoms with Gasteiger partial charge in [0.2, 0.25) is 12.3 Å². The topological polar surface area (TPSA) is 87.2 Å². The Hall–Kier alpha value is -2.06. The van der Waals surface area contributed by atoms with E-state index < -0.39 is 5.25 Å². The van der Waals surface area contributed by atoms with Crippen molar-refractivity contribution in [3.63, 3.8) is 0 Å². The molecule has 1 heterocycles. The summed E-state index contributed by atoms with van der Waals surface area (Å²) < 4.78 is 4.60. The third-order valence-electron chi connectivity index (χ3n) is 3.43. The summed E-state index contributed by atoms with van der Waals surface area (Å²) in [7, 11) is 1.33. The van der Waals surface area contributed by atoms with E-state index >= 15 is 0 Å². The summed E-state index contributed by atoms with van der Waals surface area (Å²) in [5, 5.41) is 9.25. The largest absolute Gasteiger partial charge is 0.469 e. The van der Waals surface area contributed by atoms with E-state index in [0.717, 1.165) is 10.6 Å². The van der Waals surface area contributed by atoms with Gasteiger partial charge >= 0.3 is 5.97 Å². The van der Waals surface area contributed by atoms with Crippen molar-refractivity contribution in [2.45, 2.75) is 23.0 Å². The number of methoxy groups -OCH3 is 1. The highest BCUT2D eigenvalue weighted by Crippen LogP contribution is 2.39. The van der Waals surface area contributed by atoms with Crippen LogP contribution < -0.4 is 4.90 Å². The summed E-state index contributed by atoms with van der Waals surface area (Å²) >= 11 is 1.31. The first-order valence-corrected chi connectivity index (χ1v) is 7.99. The summed E-state index contributed by atoms with van der Waals surface area (Å²) in [5.74, 6) is -0.518. The number of esters is 1. The zero-order valence-electron chi connectivity index (χ0n) is 12.7. The van der Waals surface area contributed by atoms with Gasteiger partial charge in [0.25, 0.3) is 0 Å². The van der Waals surface area contributed by atoms with Crippen LogP contribution in [0.15, 0.2) is 29.2 Å². The van der Waals surface area contributed by atoms with Crippen molar-refractivity contribution in [1.82, 2.24) is 5.06 Å². The number of rotatable bonds is 7. The first kappa shape index (κ1) is 17.3. The lowest BCUT2D eigenvalue weighted by atomic mass is 10.2. The molecule has 0 radical (unpaired) electrons. The Labute approximate surface area is 138 Å². The Morgan fingerprint density at radius 2 is 2.22 bits per heavy atom. The average Bonchev–Trinajstić information content (AvgIpc) is 2.57. The fraction of sp³-hybridized carbons (Fsp3) is 0.400. The normalized spacial score (nSPS) is 16.7. The van der Waals surface area contributed by atoms with Gasteiger partial charge in [-0.15, -0.1) is 11.8 Å². The number of hydroxylamine groups is 2. The molecule has 0 bridgehead atoms. The Balaban J connectivity index is 2.15. The minimum atomic E-state index is -0.585. The molecule has 0 spiro atoms. The molecule has 0 fully saturated rings. The van der Waals surface area contributed by atoms with Crippen LogP contribution in [-0.4, -0.2) is 54.0 Å². The van der Waals surface area contributed by atoms with E-state index in [2.05, 4.69) is 4.74 Å². The molecule has 1 atom stereocenters. The van der Waals surface area contributed by atoms with Crippen molar-refractivity contribution in [2.75, 3.05) is 25.1 Å². The highest BCUT2D eigenvalue weighted by molar-refractivity contribution is 8.01. The predicted octanol–water partition coefficient (Wildman–Crippen LogP) is 1.29. The maximum Gasteiger partial charge on any atom is 0.305 e. The Morgan fingerprint density at radius 3 is 2.91 bits per heavy atom. The molecule has 23 heavy (non-hydrogen) atoms. The highest BCUT2D eigenvalue weighted by atomic mass is 32.2. The zero-order valence-corrected chi connectivity index (χ0v) is 13.5. The third kappa shape index (κ3) is 4.23. The van der Waals surface area contributed by atoms with Crippen molar-refractivity contribution in [1.29, 1.82) is 0 Å². The van der Waals surface area contributed by atoms with Crippen molar-refractivity contribution in [2.24, 2.45) is 0 Å². The number of para-hydroxylation sites is 1. The number of carbonyl (C=O) groups excluding carboxylic acids is 3. The number of hydrogen-bond donors (Lipinski definition) is 1. The van der Waals surface area contributed by atoms with Crippen LogP contribution >= 0.6 is 11.8 Å². The first-order chi connectivity index (χ1) is 11.1. The zero-order chi connectivity index (χ0) is 16.8. The molecule has 0 saturated heterocycles. The van der Waals surface area contributed by atoms with Gasteiger partial charge in [0.05, 0.1) is 19.3 Å². The molecule has 0 saturated carbocycles. The molecule has 1 aromatic rings. The molecule has 1 aliphatic rings. The number of ether oxygens (including phenoxy) is 1. The summed E-state index contributed by atoms with van der Waals surface area (Å²) in [4.78, 5) is 36.9. The second kappa shape index (κ2) is 7.98. The Kier molecular flexibility index (Phi) is 6.00. The van der Waals surface area contributed by atoms with E-state index in [1.807, 2.05) is 24.3 Å². The summed E-state index contributed by atoms with van der Waals surface area (Å²) in [6.07, 6.45) is 0.970. The second-order valence-electron chi connectivity index (χ2n) is 4.97. The second-order valence-corrected chi connectivity index (χ2v) is 6.22. The van der Waals surface area contributed by atoms with Gasteiger partial charge in [0, 0.05) is 17.9 Å². The van der Waals surface area contributed by atoms with Crippen LogP contribution in [-0.2, 0) is 19.1 Å². The van der Waals surface area contributed by atoms with Crippen LogP contribution in [0.3, 0.4) is 0 Å². The molecule has 1 N–H and O–H groups in total. The number of fused-ring (bicyclic) bond motifs is 1. The van der Waals surface area contributed by atoms with Crippen LogP contribution in [0.1, 0.15) is 12.8 Å². The lowest BCUT2D eigenvalue weighted by molar-refractivity contribution is -0.150. The SMILES string of the molecule is COC(=O)CCCN1C(=O)C(CN(O)C=O)Sc2ccccc21. The fourth-order valence-corrected chi connectivity index (χ4v) is 3.54. The monoisotopic (exact) mass is 338 g/mol. The van der Waals surface area contributed by atoms with Gasteiger partial charge in [-0.05, 0) is 18.6 Å². The molecular formula is C15H18N2O5S. The van der Waals surface area contributed by atoms with Gasteiger partial charge in [-0.3, -0.25) is 19.6 Å². The molecule has 124 valence electrons. The number of anilines is 1. The van der Waals surface area contributed by atoms with Crippen LogP contribution in [0.25, 0.3) is 0 Å². The van der Waals surface area contributed by atoms with E-state index in [1.165, 1.54) is 18.9 Å². The molecule has 8 heteroatoms. The number of nitrogens with zero attached hydrogens (tertiary/aromatic N) is 2. The molecule has 2 rings (SSSR count). The van der Waals surface area contributed by atoms with Crippen molar-refractivity contribution in [3.8, 4) is 0 Å². The van der Waals surface area contributed by atoms with Crippen LogP contribution in [0.2, 0.25) is 0 Å². The van der Waals surface area contributed by atoms with E-state index in [0.29, 0.717) is 18.0 Å². The highest BCUT2D eigenvalue weighted by Gasteiger charge is 2.34. The first-order valence-electron chi connectivity index (χ1n) is 7.11. The van der Waals surface area contributed by atoms with Crippen molar-refractivity contribution in [3.05, 3.63) is 24.3 Å². The lowest BCUT2D eigenvalue weighted by Crippen LogP contribution is -2.45. The molecular weight excluding hydrogens is 320 g/mol. The van der Waals surface area contributed by atoms with Crippen LogP contribution in [0.4, 0.5) is 5.69 Å². The van der Waals surface area contributed by atoms with Gasteiger partial charge in [-0.2, -0.15) is 0 Å². The molecule has 7 nitrogen and oxygen atoms in total. The maximum absolute atomic E-state index is 12.6. The molecule has 0 aromatic heterocycles. The van der Waals surface area contributed by atoms with E-state index in [9.17, 15) is 19.6 Å². The van der Waals surface area contributed by atoms with E-state index in [4.69, 9.17) is 0 Å². The number of thioether (sulfide) groups is 1. The summed E-state index contributed by atoms with van der Waals surface area (Å²) in [6.45, 7) is 0.281. The van der Waals surface area contributed by atoms with Crippen LogP contribution in [0, 0.1) is 0 Å². The number of benzene rings is 1. The quantitative estimate of drug-likeness (QED) is 0.349. The smallest absolute Gasteiger partial charge is 0.305 e. The summed E-state index contributed by atoms with van der Waals surface area (Å²) in [5.41, 5.74) is 0.777. The Morgan fingerprint density at radius 1 is 1.48 bits per heavy atom. The molecule has 1 unspecified atom stereocenters. The minimum Gasteiger partial charge on any atom is -0.469 e. The number of amides is 2. The van der Waals surface area contributed by atoms with Gasteiger partial charge in [-0.25, -0.2) is 5.06 Å². The van der Waals surface area contributed by atoms with E-state index in [1.54, 1.807) is 4.90 Å². The van der Waals surface area contributed by atoms with Crippen LogP contribution in [0.5, 0.6) is 0 Å². The fourth-order valence-electron chi connectivity index (χ4n) is 2.32. The van der Waals surface area contributed by atoms with Crippen molar-refractivity contribution >= 4 is 35.7 Å². The molecule has 1 aliphatic heterocycles. The standard InChI is InChI=1S/C15H18N2O5S/c1-22-14(19)7-4-8-17-11-5-2-3-6-12(11)23-13(15(17)20)9-16(21)10-18/h2-3,5-6,10,13,21H,4,7-9H2,1H3. The van der Waals surface area contributed by atoms with Gasteiger partial charge in [-0.1, -0.05) is 12.1 Å². The average molecular weight is 338 g/mol. The maximum atomic E-state index is 12.6. The third-order valence-corrected chi connectivity index (χ3v) is 4.67. The van der Waals surface area contributed by atoms with Gasteiger partial charge < -0.3 is 9.64 Å². The molecule has 1 aromatic carbocycles. The molecule has 2 amide bonds. The Bertz CT molecular complexity index is 595. The number of hydrogen-bond acceptors (Lipinski definition) is 6. The summed E-state index contributed by atoms with van der Waals surface area (Å²) in [6, 6.07) is 7.42. The minimum absolute atomic E-state index is 0.0885.